The molecule has 0 amide bonds. The molecule has 2 unspecified atom stereocenters. The highest BCUT2D eigenvalue weighted by molar-refractivity contribution is 7.17. The van der Waals surface area contributed by atoms with Crippen LogP contribution in [-0.2, 0) is 11.3 Å². The van der Waals surface area contributed by atoms with E-state index in [1.54, 1.807) is 7.11 Å². The van der Waals surface area contributed by atoms with Crippen molar-refractivity contribution in [2.24, 2.45) is 5.92 Å². The highest BCUT2D eigenvalue weighted by atomic mass is 32.1. The number of carboxylic acid groups (broad SMARTS) is 1. The molecule has 19 heavy (non-hydrogen) atoms. The van der Waals surface area contributed by atoms with Crippen molar-refractivity contribution in [2.75, 3.05) is 18.6 Å². The van der Waals surface area contributed by atoms with Crippen LogP contribution in [0.5, 0.6) is 0 Å². The lowest BCUT2D eigenvalue weighted by Crippen LogP contribution is -2.41. The van der Waals surface area contributed by atoms with Crippen LogP contribution in [0.3, 0.4) is 0 Å². The number of hydrogen-bond acceptors (Lipinski definition) is 5. The van der Waals surface area contributed by atoms with Crippen LogP contribution < -0.4 is 4.90 Å². The fourth-order valence-electron chi connectivity index (χ4n) is 2.42. The number of ether oxygens (including phenoxy) is 1. The molecule has 0 aromatic carbocycles. The third kappa shape index (κ3) is 3.06. The van der Waals surface area contributed by atoms with Crippen LogP contribution in [0.1, 0.15) is 42.1 Å². The number of nitrogens with zero attached hydrogens (tertiary/aromatic N) is 2. The number of carbonyl (C=O) groups is 1. The molecule has 0 saturated carbocycles. The Hall–Kier alpha value is -1.14. The summed E-state index contributed by atoms with van der Waals surface area (Å²) in [6.07, 6.45) is 2.35. The molecule has 0 bridgehead atoms. The zero-order chi connectivity index (χ0) is 14.0. The Balaban J connectivity index is 2.28. The van der Waals surface area contributed by atoms with Crippen molar-refractivity contribution in [3.05, 3.63) is 10.6 Å². The maximum Gasteiger partial charge on any atom is 0.347 e. The van der Waals surface area contributed by atoms with Gasteiger partial charge in [0.25, 0.3) is 0 Å². The van der Waals surface area contributed by atoms with E-state index < -0.39 is 5.97 Å². The van der Waals surface area contributed by atoms with Gasteiger partial charge >= 0.3 is 5.97 Å². The maximum atomic E-state index is 11.2. The van der Waals surface area contributed by atoms with Crippen LogP contribution >= 0.6 is 11.3 Å². The molecule has 1 aromatic heterocycles. The average molecular weight is 284 g/mol. The minimum Gasteiger partial charge on any atom is -0.477 e. The third-order valence-corrected chi connectivity index (χ3v) is 4.65. The number of carboxylic acids is 1. The van der Waals surface area contributed by atoms with Crippen LogP contribution in [0.4, 0.5) is 5.13 Å². The summed E-state index contributed by atoms with van der Waals surface area (Å²) >= 11 is 1.26. The molecular formula is C13H20N2O3S. The third-order valence-electron chi connectivity index (χ3n) is 3.52. The molecule has 2 heterocycles. The van der Waals surface area contributed by atoms with Gasteiger partial charge in [-0.25, -0.2) is 9.78 Å². The first kappa shape index (κ1) is 14.3. The van der Waals surface area contributed by atoms with Crippen molar-refractivity contribution in [3.8, 4) is 0 Å². The predicted molar refractivity (Wildman–Crippen MR) is 75.0 cm³/mol. The molecule has 1 aromatic rings. The molecule has 1 N–H and O–H groups in total. The zero-order valence-electron chi connectivity index (χ0n) is 11.5. The molecule has 0 aliphatic carbocycles. The first-order valence-corrected chi connectivity index (χ1v) is 7.33. The number of rotatable bonds is 4. The molecular weight excluding hydrogens is 264 g/mol. The lowest BCUT2D eigenvalue weighted by atomic mass is 9.96. The van der Waals surface area contributed by atoms with E-state index in [1.807, 2.05) is 0 Å². The Morgan fingerprint density at radius 3 is 2.89 bits per heavy atom. The van der Waals surface area contributed by atoms with Gasteiger partial charge in [0.2, 0.25) is 0 Å². The minimum absolute atomic E-state index is 0.246. The molecule has 1 aliphatic rings. The van der Waals surface area contributed by atoms with E-state index in [0.29, 0.717) is 22.5 Å². The second-order valence-corrected chi connectivity index (χ2v) is 6.17. The lowest BCUT2D eigenvalue weighted by Gasteiger charge is -2.36. The monoisotopic (exact) mass is 284 g/mol. The lowest BCUT2D eigenvalue weighted by molar-refractivity contribution is 0.0697. The molecule has 1 aliphatic heterocycles. The molecule has 2 atom stereocenters. The van der Waals surface area contributed by atoms with Crippen molar-refractivity contribution < 1.29 is 14.6 Å². The first-order chi connectivity index (χ1) is 9.02. The molecule has 2 rings (SSSR count). The fourth-order valence-corrected chi connectivity index (χ4v) is 3.44. The Kier molecular flexibility index (Phi) is 4.42. The smallest absolute Gasteiger partial charge is 0.347 e. The Labute approximate surface area is 117 Å². The molecule has 1 saturated heterocycles. The second kappa shape index (κ2) is 5.88. The predicted octanol–water partition coefficient (Wildman–Crippen LogP) is 2.61. The van der Waals surface area contributed by atoms with Crippen molar-refractivity contribution in [1.82, 2.24) is 4.98 Å². The van der Waals surface area contributed by atoms with Crippen LogP contribution in [0.15, 0.2) is 0 Å². The molecule has 0 radical (unpaired) electrons. The first-order valence-electron chi connectivity index (χ1n) is 6.51. The normalized spacial score (nSPS) is 23.6. The van der Waals surface area contributed by atoms with E-state index in [-0.39, 0.29) is 6.61 Å². The van der Waals surface area contributed by atoms with Gasteiger partial charge in [0, 0.05) is 19.7 Å². The highest BCUT2D eigenvalue weighted by Crippen LogP contribution is 2.32. The summed E-state index contributed by atoms with van der Waals surface area (Å²) in [4.78, 5) is 18.2. The van der Waals surface area contributed by atoms with Crippen molar-refractivity contribution in [1.29, 1.82) is 0 Å². The number of anilines is 1. The van der Waals surface area contributed by atoms with Gasteiger partial charge < -0.3 is 14.7 Å². The minimum atomic E-state index is -0.923. The molecule has 1 fully saturated rings. The number of piperidine rings is 1. The van der Waals surface area contributed by atoms with Gasteiger partial charge in [-0.15, -0.1) is 0 Å². The van der Waals surface area contributed by atoms with Crippen LogP contribution in [0.2, 0.25) is 0 Å². The summed E-state index contributed by atoms with van der Waals surface area (Å²) in [7, 11) is 1.55. The van der Waals surface area contributed by atoms with E-state index in [2.05, 4.69) is 23.7 Å². The standard InChI is InChI=1S/C13H20N2O3S/c1-8-4-5-9(2)15(6-8)13-14-10(7-18-3)11(19-13)12(16)17/h8-9H,4-7H2,1-3H3,(H,16,17). The molecule has 0 spiro atoms. The van der Waals surface area contributed by atoms with E-state index in [4.69, 9.17) is 4.74 Å². The maximum absolute atomic E-state index is 11.2. The van der Waals surface area contributed by atoms with Crippen LogP contribution in [0, 0.1) is 5.92 Å². The summed E-state index contributed by atoms with van der Waals surface area (Å²) in [6.45, 7) is 5.58. The van der Waals surface area contributed by atoms with Crippen molar-refractivity contribution >= 4 is 22.4 Å². The second-order valence-electron chi connectivity index (χ2n) is 5.19. The van der Waals surface area contributed by atoms with E-state index in [9.17, 15) is 9.90 Å². The van der Waals surface area contributed by atoms with Gasteiger partial charge in [-0.1, -0.05) is 18.3 Å². The summed E-state index contributed by atoms with van der Waals surface area (Å²) in [5.41, 5.74) is 0.528. The number of methoxy groups -OCH3 is 1. The Morgan fingerprint density at radius 2 is 2.26 bits per heavy atom. The number of thiazole rings is 1. The number of aromatic carboxylic acids is 1. The van der Waals surface area contributed by atoms with E-state index in [0.717, 1.165) is 18.1 Å². The largest absolute Gasteiger partial charge is 0.477 e. The summed E-state index contributed by atoms with van der Waals surface area (Å²) < 4.78 is 5.03. The molecule has 106 valence electrons. The summed E-state index contributed by atoms with van der Waals surface area (Å²) in [5.74, 6) is -0.298. The van der Waals surface area contributed by atoms with Gasteiger partial charge in [-0.3, -0.25) is 0 Å². The van der Waals surface area contributed by atoms with Gasteiger partial charge in [0.1, 0.15) is 4.88 Å². The van der Waals surface area contributed by atoms with Gasteiger partial charge in [-0.2, -0.15) is 0 Å². The van der Waals surface area contributed by atoms with Crippen molar-refractivity contribution in [2.45, 2.75) is 39.3 Å². The zero-order valence-corrected chi connectivity index (χ0v) is 12.4. The SMILES string of the molecule is COCc1nc(N2CC(C)CCC2C)sc1C(=O)O. The van der Waals surface area contributed by atoms with Gasteiger partial charge in [0.05, 0.1) is 12.3 Å². The fraction of sp³-hybridized carbons (Fsp3) is 0.692. The van der Waals surface area contributed by atoms with Crippen molar-refractivity contribution in [3.63, 3.8) is 0 Å². The summed E-state index contributed by atoms with van der Waals surface area (Å²) in [5, 5.41) is 10.0. The average Bonchev–Trinajstić information content (AvgIpc) is 2.77. The van der Waals surface area contributed by atoms with Crippen LogP contribution in [-0.4, -0.2) is 35.8 Å². The van der Waals surface area contributed by atoms with Gasteiger partial charge in [-0.05, 0) is 25.7 Å². The summed E-state index contributed by atoms with van der Waals surface area (Å²) in [6, 6.07) is 0.416. The topological polar surface area (TPSA) is 62.7 Å². The van der Waals surface area contributed by atoms with Crippen LogP contribution in [0.25, 0.3) is 0 Å². The molecule has 5 nitrogen and oxygen atoms in total. The Bertz CT molecular complexity index is 461. The van der Waals surface area contributed by atoms with Gasteiger partial charge in [0.15, 0.2) is 5.13 Å². The molecule has 6 heteroatoms. The highest BCUT2D eigenvalue weighted by Gasteiger charge is 2.27. The Morgan fingerprint density at radius 1 is 1.53 bits per heavy atom. The van der Waals surface area contributed by atoms with E-state index in [1.165, 1.54) is 17.8 Å². The van der Waals surface area contributed by atoms with E-state index >= 15 is 0 Å². The number of hydrogen-bond donors (Lipinski definition) is 1. The quantitative estimate of drug-likeness (QED) is 0.921. The number of aromatic nitrogens is 1.